The van der Waals surface area contributed by atoms with E-state index in [4.69, 9.17) is 9.94 Å². The Morgan fingerprint density at radius 1 is 1.20 bits per heavy atom. The van der Waals surface area contributed by atoms with E-state index in [1.54, 1.807) is 27.7 Å². The van der Waals surface area contributed by atoms with Gasteiger partial charge in [0.15, 0.2) is 6.54 Å². The van der Waals surface area contributed by atoms with Crippen molar-refractivity contribution >= 4 is 16.3 Å². The van der Waals surface area contributed by atoms with Crippen LogP contribution in [-0.4, -0.2) is 79.0 Å². The number of hydrogen-bond acceptors (Lipinski definition) is 4. The number of likely N-dealkylation sites (N-methyl/N-ethyl adjacent to an activating group) is 1. The maximum Gasteiger partial charge on any atom is 0.464 e. The molecule has 0 spiro atoms. The molecule has 150 valence electrons. The monoisotopic (exact) mass is 384 g/mol. The standard InChI is InChI=1S/C11H23NO4S.C5H11NO2/c1-7-9-12(8-2,17(13,14)15)16-11(5,6)10(3)4;1-6(2,3)4-5(7)8/h3,7-9H2,1-2,4-6H3;4H2,1-3H3/p+2. The van der Waals surface area contributed by atoms with Crippen molar-refractivity contribution in [1.29, 1.82) is 0 Å². The molecule has 0 rings (SSSR count). The average molecular weight is 385 g/mol. The van der Waals surface area contributed by atoms with Gasteiger partial charge in [-0.05, 0) is 39.7 Å². The summed E-state index contributed by atoms with van der Waals surface area (Å²) >= 11 is 0. The lowest BCUT2D eigenvalue weighted by atomic mass is 10.0. The van der Waals surface area contributed by atoms with Gasteiger partial charge in [-0.1, -0.05) is 17.6 Å². The number of hydrogen-bond donors (Lipinski definition) is 2. The molecule has 1 unspecified atom stereocenters. The zero-order chi connectivity index (χ0) is 20.7. The summed E-state index contributed by atoms with van der Waals surface area (Å²) in [7, 11) is 1.19. The van der Waals surface area contributed by atoms with Gasteiger partial charge in [0.25, 0.3) is 0 Å². The van der Waals surface area contributed by atoms with Crippen molar-refractivity contribution in [3.8, 4) is 0 Å². The van der Waals surface area contributed by atoms with Gasteiger partial charge in [-0.2, -0.15) is 4.84 Å². The van der Waals surface area contributed by atoms with E-state index in [9.17, 15) is 17.8 Å². The van der Waals surface area contributed by atoms with Gasteiger partial charge < -0.3 is 9.59 Å². The molecule has 0 aromatic rings. The van der Waals surface area contributed by atoms with Crippen LogP contribution in [0.1, 0.15) is 41.0 Å². The molecule has 0 amide bonds. The third-order valence-corrected chi connectivity index (χ3v) is 4.85. The number of carbonyl (C=O) groups is 1. The molecule has 0 radical (unpaired) electrons. The molecule has 0 saturated carbocycles. The largest absolute Gasteiger partial charge is 0.477 e. The summed E-state index contributed by atoms with van der Waals surface area (Å²) in [5.41, 5.74) is -0.116. The maximum atomic E-state index is 11.5. The number of carboxylic acids is 1. The predicted octanol–water partition coefficient (Wildman–Crippen LogP) is 2.10. The zero-order valence-corrected chi connectivity index (χ0v) is 17.7. The van der Waals surface area contributed by atoms with Gasteiger partial charge >= 0.3 is 16.3 Å². The number of quaternary nitrogens is 2. The van der Waals surface area contributed by atoms with Crippen molar-refractivity contribution in [2.45, 2.75) is 46.6 Å². The lowest BCUT2D eigenvalue weighted by molar-refractivity contribution is -1.02. The third-order valence-electron chi connectivity index (χ3n) is 3.50. The Balaban J connectivity index is 0. The molecule has 0 heterocycles. The van der Waals surface area contributed by atoms with Crippen LogP contribution in [0, 0.1) is 0 Å². The fraction of sp³-hybridized carbons (Fsp3) is 0.812. The van der Waals surface area contributed by atoms with Gasteiger partial charge in [-0.15, -0.1) is 8.42 Å². The van der Waals surface area contributed by atoms with Crippen LogP contribution in [0.15, 0.2) is 12.2 Å². The van der Waals surface area contributed by atoms with Gasteiger partial charge in [0.05, 0.1) is 21.1 Å². The van der Waals surface area contributed by atoms with Crippen LogP contribution in [0.2, 0.25) is 0 Å². The van der Waals surface area contributed by atoms with Crippen molar-refractivity contribution in [3.05, 3.63) is 12.2 Å². The van der Waals surface area contributed by atoms with E-state index in [0.717, 1.165) is 0 Å². The highest BCUT2D eigenvalue weighted by Gasteiger charge is 2.46. The summed E-state index contributed by atoms with van der Waals surface area (Å²) in [6.45, 7) is 13.0. The minimum absolute atomic E-state index is 0.142. The van der Waals surface area contributed by atoms with Crippen LogP contribution < -0.4 is 0 Å². The highest BCUT2D eigenvalue weighted by molar-refractivity contribution is 7.79. The first-order chi connectivity index (χ1) is 10.9. The van der Waals surface area contributed by atoms with Crippen LogP contribution in [-0.2, 0) is 19.9 Å². The molecular weight excluding hydrogens is 348 g/mol. The molecule has 2 N–H and O–H groups in total. The minimum atomic E-state index is -4.33. The normalized spacial score (nSPS) is 14.9. The summed E-state index contributed by atoms with van der Waals surface area (Å²) < 4.78 is 32.2. The fourth-order valence-corrected chi connectivity index (χ4v) is 2.85. The first-order valence-electron chi connectivity index (χ1n) is 8.17. The summed E-state index contributed by atoms with van der Waals surface area (Å²) in [5, 5.41) is 8.23. The molecule has 8 nitrogen and oxygen atoms in total. The Labute approximate surface area is 152 Å². The van der Waals surface area contributed by atoms with Gasteiger partial charge in [0.1, 0.15) is 18.7 Å². The van der Waals surface area contributed by atoms with Crippen LogP contribution in [0.4, 0.5) is 0 Å². The molecule has 0 aliphatic heterocycles. The van der Waals surface area contributed by atoms with Gasteiger partial charge in [-0.25, -0.2) is 9.35 Å². The third kappa shape index (κ3) is 9.91. The van der Waals surface area contributed by atoms with Gasteiger partial charge in [0, 0.05) is 0 Å². The number of hydroxylamine groups is 2. The number of aliphatic carboxylic acids is 1. The molecule has 0 aromatic carbocycles. The summed E-state index contributed by atoms with van der Waals surface area (Å²) in [6, 6.07) is 0. The number of nitrogens with zero attached hydrogens (tertiary/aromatic N) is 2. The van der Waals surface area contributed by atoms with Crippen molar-refractivity contribution in [1.82, 2.24) is 0 Å². The Hall–Kier alpha value is -1.00. The fourth-order valence-electron chi connectivity index (χ4n) is 1.83. The van der Waals surface area contributed by atoms with Gasteiger partial charge in [-0.3, -0.25) is 0 Å². The number of rotatable bonds is 9. The van der Waals surface area contributed by atoms with Crippen molar-refractivity contribution in [3.63, 3.8) is 0 Å². The zero-order valence-electron chi connectivity index (χ0n) is 16.9. The molecule has 0 aromatic heterocycles. The summed E-state index contributed by atoms with van der Waals surface area (Å²) in [4.78, 5) is 15.6. The van der Waals surface area contributed by atoms with Crippen LogP contribution in [0.3, 0.4) is 0 Å². The second-order valence-electron chi connectivity index (χ2n) is 7.53. The Bertz CT molecular complexity index is 551. The van der Waals surface area contributed by atoms with Crippen LogP contribution in [0.5, 0.6) is 0 Å². The summed E-state index contributed by atoms with van der Waals surface area (Å²) in [5.74, 6) is -0.752. The minimum Gasteiger partial charge on any atom is -0.477 e. The van der Waals surface area contributed by atoms with E-state index in [0.29, 0.717) is 16.5 Å². The molecule has 0 aliphatic carbocycles. The van der Waals surface area contributed by atoms with E-state index >= 15 is 0 Å². The molecule has 0 fully saturated rings. The molecule has 0 aliphatic rings. The Morgan fingerprint density at radius 3 is 1.80 bits per heavy atom. The molecular formula is C16H36N2O6S+2. The second-order valence-corrected chi connectivity index (χ2v) is 9.09. The van der Waals surface area contributed by atoms with Crippen molar-refractivity contribution < 1.29 is 36.2 Å². The van der Waals surface area contributed by atoms with E-state index in [2.05, 4.69) is 6.58 Å². The van der Waals surface area contributed by atoms with E-state index in [-0.39, 0.29) is 19.6 Å². The van der Waals surface area contributed by atoms with E-state index < -0.39 is 25.9 Å². The molecule has 0 bridgehead atoms. The first kappa shape index (κ1) is 26.2. The Kier molecular flexibility index (Phi) is 10.1. The lowest BCUT2D eigenvalue weighted by Gasteiger charge is -2.37. The van der Waals surface area contributed by atoms with Crippen LogP contribution >= 0.6 is 0 Å². The van der Waals surface area contributed by atoms with E-state index in [1.807, 2.05) is 28.1 Å². The average Bonchev–Trinajstić information content (AvgIpc) is 2.33. The highest BCUT2D eigenvalue weighted by atomic mass is 32.2. The van der Waals surface area contributed by atoms with Crippen LogP contribution in [0.25, 0.3) is 0 Å². The van der Waals surface area contributed by atoms with Crippen molar-refractivity contribution in [2.75, 3.05) is 40.8 Å². The smallest absolute Gasteiger partial charge is 0.464 e. The van der Waals surface area contributed by atoms with Gasteiger partial charge in [0.2, 0.25) is 0 Å². The van der Waals surface area contributed by atoms with E-state index in [1.165, 1.54) is 0 Å². The Morgan fingerprint density at radius 2 is 1.64 bits per heavy atom. The molecule has 0 saturated heterocycles. The predicted molar refractivity (Wildman–Crippen MR) is 98.0 cm³/mol. The molecule has 25 heavy (non-hydrogen) atoms. The maximum absolute atomic E-state index is 11.5. The molecule has 9 heteroatoms. The topological polar surface area (TPSA) is 101 Å². The SMILES string of the molecule is C=C(C)C(C)(C)O[N+](CC)(CCC)S(=O)(=O)O.C[N+](C)(C)CC(=O)O. The summed E-state index contributed by atoms with van der Waals surface area (Å²) in [6.07, 6.45) is 0.583. The van der Waals surface area contributed by atoms with Crippen molar-refractivity contribution in [2.24, 2.45) is 0 Å². The highest BCUT2D eigenvalue weighted by Crippen LogP contribution is 2.28. The second kappa shape index (κ2) is 9.63. The number of carboxylic acid groups (broad SMARTS) is 1. The lowest BCUT2D eigenvalue weighted by Crippen LogP contribution is -2.56. The molecule has 1 atom stereocenters. The quantitative estimate of drug-likeness (QED) is 0.273. The first-order valence-corrected chi connectivity index (χ1v) is 9.57.